The summed E-state index contributed by atoms with van der Waals surface area (Å²) in [5.74, 6) is -0.170. The summed E-state index contributed by atoms with van der Waals surface area (Å²) < 4.78 is 11.3. The Morgan fingerprint density at radius 1 is 0.493 bits per heavy atom. The molecule has 1 aliphatic rings. The van der Waals surface area contributed by atoms with Gasteiger partial charge in [0.15, 0.2) is 6.29 Å². The summed E-state index contributed by atoms with van der Waals surface area (Å²) in [6.07, 6.45) is 52.8. The van der Waals surface area contributed by atoms with Gasteiger partial charge in [-0.05, 0) is 19.3 Å². The number of aliphatic hydroxyl groups excluding tert-OH is 5. The van der Waals surface area contributed by atoms with Crippen LogP contribution in [-0.2, 0) is 14.3 Å². The molecular formula is C58H113NO8. The van der Waals surface area contributed by atoms with Crippen LogP contribution in [0.2, 0.25) is 0 Å². The lowest BCUT2D eigenvalue weighted by Gasteiger charge is -2.40. The van der Waals surface area contributed by atoms with Gasteiger partial charge in [-0.3, -0.25) is 4.79 Å². The van der Waals surface area contributed by atoms with Gasteiger partial charge < -0.3 is 40.3 Å². The Balaban J connectivity index is 2.17. The maximum absolute atomic E-state index is 13.1. The van der Waals surface area contributed by atoms with E-state index in [1.807, 2.05) is 6.08 Å². The Labute approximate surface area is 414 Å². The van der Waals surface area contributed by atoms with Gasteiger partial charge >= 0.3 is 0 Å². The van der Waals surface area contributed by atoms with Gasteiger partial charge in [-0.1, -0.05) is 283 Å². The number of aliphatic hydroxyl groups is 5. The largest absolute Gasteiger partial charge is 0.394 e. The van der Waals surface area contributed by atoms with Crippen LogP contribution in [0, 0.1) is 0 Å². The van der Waals surface area contributed by atoms with Gasteiger partial charge in [0, 0.05) is 6.42 Å². The third kappa shape index (κ3) is 38.3. The second-order valence-corrected chi connectivity index (χ2v) is 20.8. The van der Waals surface area contributed by atoms with Crippen molar-refractivity contribution >= 4 is 5.91 Å². The molecule has 1 aliphatic heterocycles. The third-order valence-electron chi connectivity index (χ3n) is 14.4. The second-order valence-electron chi connectivity index (χ2n) is 20.8. The number of ether oxygens (including phenoxy) is 2. The zero-order valence-electron chi connectivity index (χ0n) is 44.2. The number of hydrogen-bond acceptors (Lipinski definition) is 8. The molecular weight excluding hydrogens is 839 g/mol. The first-order chi connectivity index (χ1) is 32.8. The van der Waals surface area contributed by atoms with Gasteiger partial charge in [0.2, 0.25) is 5.91 Å². The fraction of sp³-hybridized carbons (Fsp3) is 0.948. The number of carbonyl (C=O) groups excluding carboxylic acids is 1. The topological polar surface area (TPSA) is 149 Å². The molecule has 0 spiro atoms. The fourth-order valence-electron chi connectivity index (χ4n) is 9.69. The summed E-state index contributed by atoms with van der Waals surface area (Å²) >= 11 is 0. The first-order valence-corrected chi connectivity index (χ1v) is 29.4. The van der Waals surface area contributed by atoms with E-state index in [0.29, 0.717) is 6.42 Å². The molecule has 0 saturated carbocycles. The number of nitrogens with one attached hydrogen (secondary N) is 1. The molecule has 0 radical (unpaired) electrons. The molecule has 1 rings (SSSR count). The van der Waals surface area contributed by atoms with Crippen LogP contribution in [0.5, 0.6) is 0 Å². The Hall–Kier alpha value is -1.07. The van der Waals surface area contributed by atoms with E-state index in [2.05, 4.69) is 19.2 Å². The van der Waals surface area contributed by atoms with Crippen molar-refractivity contribution in [3.63, 3.8) is 0 Å². The first kappa shape index (κ1) is 63.9. The molecule has 6 N–H and O–H groups in total. The Kier molecular flexibility index (Phi) is 46.3. The van der Waals surface area contributed by atoms with Crippen LogP contribution in [0.3, 0.4) is 0 Å². The standard InChI is InChI=1S/C58H113NO8/c1-3-5-7-9-11-13-15-17-19-21-22-23-24-25-26-27-28-29-30-32-34-36-38-40-42-44-46-48-54(62)59-51(50-66-58-57(65)56(64)55(63)53(49-60)67-58)52(61)47-45-43-41-39-37-35-33-31-20-18-16-14-12-10-8-6-4-2/h45,47,51-53,55-58,60-61,63-65H,3-44,46,48-50H2,1-2H3,(H,59,62)/b47-45+/t51-,52+,53+,55+,56?,57?,58+/m0/s1. The molecule has 1 fully saturated rings. The minimum absolute atomic E-state index is 0.170. The summed E-state index contributed by atoms with van der Waals surface area (Å²) in [5.41, 5.74) is 0. The molecule has 0 aromatic heterocycles. The number of hydrogen-bond donors (Lipinski definition) is 6. The van der Waals surface area contributed by atoms with Crippen LogP contribution in [0.25, 0.3) is 0 Å². The van der Waals surface area contributed by atoms with E-state index in [4.69, 9.17) is 9.47 Å². The smallest absolute Gasteiger partial charge is 0.220 e. The van der Waals surface area contributed by atoms with Crippen molar-refractivity contribution in [2.75, 3.05) is 13.2 Å². The lowest BCUT2D eigenvalue weighted by molar-refractivity contribution is -0.302. The molecule has 2 unspecified atom stereocenters. The van der Waals surface area contributed by atoms with Gasteiger partial charge in [0.25, 0.3) is 0 Å². The van der Waals surface area contributed by atoms with Crippen LogP contribution in [0.1, 0.15) is 296 Å². The quantitative estimate of drug-likeness (QED) is 0.0261. The normalized spacial score (nSPS) is 19.7. The molecule has 7 atom stereocenters. The van der Waals surface area contributed by atoms with Gasteiger partial charge in [0.1, 0.15) is 24.4 Å². The molecule has 1 amide bonds. The molecule has 1 saturated heterocycles. The van der Waals surface area contributed by atoms with E-state index < -0.39 is 49.5 Å². The van der Waals surface area contributed by atoms with Crippen molar-refractivity contribution in [3.8, 4) is 0 Å². The highest BCUT2D eigenvalue weighted by atomic mass is 16.7. The Bertz CT molecular complexity index is 1060. The van der Waals surface area contributed by atoms with Gasteiger partial charge in [-0.2, -0.15) is 0 Å². The van der Waals surface area contributed by atoms with Crippen LogP contribution < -0.4 is 5.32 Å². The predicted octanol–water partition coefficient (Wildman–Crippen LogP) is 14.4. The minimum Gasteiger partial charge on any atom is -0.394 e. The number of amides is 1. The highest BCUT2D eigenvalue weighted by Gasteiger charge is 2.44. The number of allylic oxidation sites excluding steroid dienone is 1. The van der Waals surface area contributed by atoms with Crippen molar-refractivity contribution in [2.45, 2.75) is 339 Å². The highest BCUT2D eigenvalue weighted by molar-refractivity contribution is 5.76. The van der Waals surface area contributed by atoms with E-state index >= 15 is 0 Å². The lowest BCUT2D eigenvalue weighted by atomic mass is 9.99. The van der Waals surface area contributed by atoms with Crippen molar-refractivity contribution in [1.82, 2.24) is 5.32 Å². The van der Waals surface area contributed by atoms with Crippen molar-refractivity contribution in [1.29, 1.82) is 0 Å². The van der Waals surface area contributed by atoms with E-state index in [1.54, 1.807) is 6.08 Å². The highest BCUT2D eigenvalue weighted by Crippen LogP contribution is 2.23. The average molecular weight is 953 g/mol. The summed E-state index contributed by atoms with van der Waals surface area (Å²) in [5, 5.41) is 54.5. The maximum atomic E-state index is 13.1. The number of carbonyl (C=O) groups is 1. The first-order valence-electron chi connectivity index (χ1n) is 29.4. The summed E-state index contributed by atoms with van der Waals surface area (Å²) in [4.78, 5) is 13.1. The SMILES string of the molecule is CCCCCCCCCCCCCCCCC/C=C/[C@@H](O)[C@H](CO[C@@H]1O[C@H](CO)[C@@H](O)C(O)C1O)NC(=O)CCCCCCCCCCCCCCCCCCCCCCCCCCCCC. The molecule has 398 valence electrons. The van der Waals surface area contributed by atoms with Gasteiger partial charge in [-0.15, -0.1) is 0 Å². The van der Waals surface area contributed by atoms with Gasteiger partial charge in [-0.25, -0.2) is 0 Å². The number of unbranched alkanes of at least 4 members (excludes halogenated alkanes) is 41. The van der Waals surface area contributed by atoms with Crippen molar-refractivity contribution in [3.05, 3.63) is 12.2 Å². The Morgan fingerprint density at radius 3 is 1.16 bits per heavy atom. The average Bonchev–Trinajstić information content (AvgIpc) is 3.33. The summed E-state index contributed by atoms with van der Waals surface area (Å²) in [6.45, 7) is 3.82. The minimum atomic E-state index is -1.56. The molecule has 1 heterocycles. The molecule has 67 heavy (non-hydrogen) atoms. The van der Waals surface area contributed by atoms with E-state index in [9.17, 15) is 30.3 Å². The fourth-order valence-corrected chi connectivity index (χ4v) is 9.69. The molecule has 0 aromatic carbocycles. The molecule has 0 aromatic rings. The van der Waals surface area contributed by atoms with Crippen molar-refractivity contribution < 1.29 is 39.8 Å². The maximum Gasteiger partial charge on any atom is 0.220 e. The zero-order valence-corrected chi connectivity index (χ0v) is 44.2. The molecule has 9 nitrogen and oxygen atoms in total. The third-order valence-corrected chi connectivity index (χ3v) is 14.4. The van der Waals surface area contributed by atoms with E-state index in [1.165, 1.54) is 238 Å². The molecule has 0 aliphatic carbocycles. The molecule has 0 bridgehead atoms. The van der Waals surface area contributed by atoms with Crippen LogP contribution in [-0.4, -0.2) is 87.5 Å². The van der Waals surface area contributed by atoms with Gasteiger partial charge in [0.05, 0.1) is 25.4 Å². The van der Waals surface area contributed by atoms with Crippen molar-refractivity contribution in [2.24, 2.45) is 0 Å². The Morgan fingerprint density at radius 2 is 0.821 bits per heavy atom. The lowest BCUT2D eigenvalue weighted by Crippen LogP contribution is -2.60. The summed E-state index contributed by atoms with van der Waals surface area (Å²) in [6, 6.07) is -0.800. The number of rotatable bonds is 51. The van der Waals surface area contributed by atoms with Crippen LogP contribution in [0.4, 0.5) is 0 Å². The molecule has 9 heteroatoms. The predicted molar refractivity (Wildman–Crippen MR) is 281 cm³/mol. The monoisotopic (exact) mass is 952 g/mol. The summed E-state index contributed by atoms with van der Waals surface area (Å²) in [7, 11) is 0. The van der Waals surface area contributed by atoms with Crippen LogP contribution >= 0.6 is 0 Å². The van der Waals surface area contributed by atoms with Crippen LogP contribution in [0.15, 0.2) is 12.2 Å². The second kappa shape index (κ2) is 48.6. The van der Waals surface area contributed by atoms with E-state index in [-0.39, 0.29) is 12.5 Å². The zero-order chi connectivity index (χ0) is 48.7. The van der Waals surface area contributed by atoms with E-state index in [0.717, 1.165) is 38.5 Å².